The van der Waals surface area contributed by atoms with Crippen molar-refractivity contribution >= 4 is 28.4 Å². The Balaban J connectivity index is 1.59. The van der Waals surface area contributed by atoms with Crippen LogP contribution in [0, 0.1) is 0 Å². The zero-order valence-electron chi connectivity index (χ0n) is 13.3. The maximum atomic E-state index is 12.9. The van der Waals surface area contributed by atoms with E-state index in [1.54, 1.807) is 6.07 Å². The zero-order chi connectivity index (χ0) is 16.5. The highest BCUT2D eigenvalue weighted by atomic mass is 35.5. The second-order valence-electron chi connectivity index (χ2n) is 6.34. The Hall–Kier alpha value is -2.26. The molecule has 1 saturated heterocycles. The highest BCUT2D eigenvalue weighted by molar-refractivity contribution is 6.33. The number of hydrogen-bond acceptors (Lipinski definition) is 1. The fourth-order valence-corrected chi connectivity index (χ4v) is 3.88. The number of para-hydroxylation sites is 1. The van der Waals surface area contributed by atoms with Crippen molar-refractivity contribution in [3.63, 3.8) is 0 Å². The molecule has 122 valence electrons. The van der Waals surface area contributed by atoms with Gasteiger partial charge in [0.15, 0.2) is 0 Å². The minimum absolute atomic E-state index is 0.0444. The standard InChI is InChI=1S/C20H19ClN2O/c21-18-9-3-1-8-17(18)20(24)23-11-5-6-15(23)12-14-13-22-19-10-4-2-7-16(14)19/h1-4,7-10,13,15,22H,5-6,11-12H2. The number of benzene rings is 2. The molecule has 1 N–H and O–H groups in total. The summed E-state index contributed by atoms with van der Waals surface area (Å²) in [7, 11) is 0. The van der Waals surface area contributed by atoms with E-state index in [0.717, 1.165) is 31.3 Å². The fraction of sp³-hybridized carbons (Fsp3) is 0.250. The van der Waals surface area contributed by atoms with E-state index in [9.17, 15) is 4.79 Å². The van der Waals surface area contributed by atoms with Crippen molar-refractivity contribution in [2.24, 2.45) is 0 Å². The largest absolute Gasteiger partial charge is 0.361 e. The van der Waals surface area contributed by atoms with Crippen LogP contribution >= 0.6 is 11.6 Å². The monoisotopic (exact) mass is 338 g/mol. The van der Waals surface area contributed by atoms with Crippen LogP contribution in [0.25, 0.3) is 10.9 Å². The van der Waals surface area contributed by atoms with E-state index >= 15 is 0 Å². The number of H-pyrrole nitrogens is 1. The third kappa shape index (κ3) is 2.69. The molecule has 0 bridgehead atoms. The number of aromatic amines is 1. The molecule has 0 spiro atoms. The zero-order valence-corrected chi connectivity index (χ0v) is 14.1. The lowest BCUT2D eigenvalue weighted by Gasteiger charge is -2.25. The molecule has 1 aliphatic rings. The molecule has 1 unspecified atom stereocenters. The first-order chi connectivity index (χ1) is 11.7. The van der Waals surface area contributed by atoms with Crippen LogP contribution in [0.2, 0.25) is 5.02 Å². The van der Waals surface area contributed by atoms with E-state index < -0.39 is 0 Å². The first kappa shape index (κ1) is 15.3. The van der Waals surface area contributed by atoms with Gasteiger partial charge in [-0.15, -0.1) is 0 Å². The number of carbonyl (C=O) groups excluding carboxylic acids is 1. The van der Waals surface area contributed by atoms with Gasteiger partial charge < -0.3 is 9.88 Å². The number of likely N-dealkylation sites (tertiary alicyclic amines) is 1. The maximum Gasteiger partial charge on any atom is 0.255 e. The first-order valence-electron chi connectivity index (χ1n) is 8.34. The number of nitrogens with one attached hydrogen (secondary N) is 1. The molecule has 24 heavy (non-hydrogen) atoms. The van der Waals surface area contributed by atoms with Gasteiger partial charge in [0.2, 0.25) is 0 Å². The molecular weight excluding hydrogens is 320 g/mol. The first-order valence-corrected chi connectivity index (χ1v) is 8.72. The van der Waals surface area contributed by atoms with Gasteiger partial charge in [0.1, 0.15) is 0 Å². The molecule has 2 heterocycles. The second-order valence-corrected chi connectivity index (χ2v) is 6.75. The van der Waals surface area contributed by atoms with E-state index in [2.05, 4.69) is 29.4 Å². The minimum Gasteiger partial charge on any atom is -0.361 e. The normalized spacial score (nSPS) is 17.5. The van der Waals surface area contributed by atoms with Crippen molar-refractivity contribution in [3.05, 3.63) is 70.9 Å². The Bertz CT molecular complexity index is 886. The van der Waals surface area contributed by atoms with Crippen LogP contribution in [0.1, 0.15) is 28.8 Å². The van der Waals surface area contributed by atoms with Crippen LogP contribution in [-0.2, 0) is 6.42 Å². The molecule has 0 saturated carbocycles. The predicted molar refractivity (Wildman–Crippen MR) is 97.5 cm³/mol. The van der Waals surface area contributed by atoms with E-state index in [1.165, 1.54) is 10.9 Å². The third-order valence-corrected chi connectivity index (χ3v) is 5.20. The molecule has 2 aromatic carbocycles. The van der Waals surface area contributed by atoms with Gasteiger partial charge in [-0.1, -0.05) is 41.9 Å². The molecule has 1 atom stereocenters. The van der Waals surface area contributed by atoms with Crippen molar-refractivity contribution in [2.75, 3.05) is 6.54 Å². The Morgan fingerprint density at radius 2 is 1.96 bits per heavy atom. The number of nitrogens with zero attached hydrogens (tertiary/aromatic N) is 1. The van der Waals surface area contributed by atoms with Gasteiger partial charge in [0.05, 0.1) is 10.6 Å². The number of rotatable bonds is 3. The van der Waals surface area contributed by atoms with Crippen molar-refractivity contribution in [1.29, 1.82) is 0 Å². The summed E-state index contributed by atoms with van der Waals surface area (Å²) in [6.07, 6.45) is 5.03. The number of halogens is 1. The lowest BCUT2D eigenvalue weighted by atomic mass is 10.0. The van der Waals surface area contributed by atoms with Crippen LogP contribution in [0.4, 0.5) is 0 Å². The summed E-state index contributed by atoms with van der Waals surface area (Å²) in [5, 5.41) is 1.77. The van der Waals surface area contributed by atoms with Crippen LogP contribution in [-0.4, -0.2) is 28.4 Å². The van der Waals surface area contributed by atoms with Gasteiger partial charge >= 0.3 is 0 Å². The van der Waals surface area contributed by atoms with Gasteiger partial charge in [-0.05, 0) is 43.0 Å². The summed E-state index contributed by atoms with van der Waals surface area (Å²) in [5.41, 5.74) is 3.02. The van der Waals surface area contributed by atoms with E-state index in [-0.39, 0.29) is 11.9 Å². The van der Waals surface area contributed by atoms with Gasteiger partial charge in [-0.25, -0.2) is 0 Å². The van der Waals surface area contributed by atoms with Crippen LogP contribution in [0.5, 0.6) is 0 Å². The van der Waals surface area contributed by atoms with Gasteiger partial charge in [0, 0.05) is 29.7 Å². The van der Waals surface area contributed by atoms with E-state index in [1.807, 2.05) is 29.2 Å². The van der Waals surface area contributed by atoms with Crippen molar-refractivity contribution in [3.8, 4) is 0 Å². The summed E-state index contributed by atoms with van der Waals surface area (Å²) < 4.78 is 0. The van der Waals surface area contributed by atoms with Crippen LogP contribution in [0.3, 0.4) is 0 Å². The highest BCUT2D eigenvalue weighted by Gasteiger charge is 2.30. The smallest absolute Gasteiger partial charge is 0.255 e. The molecule has 0 aliphatic carbocycles. The lowest BCUT2D eigenvalue weighted by molar-refractivity contribution is 0.0737. The van der Waals surface area contributed by atoms with Crippen LogP contribution in [0.15, 0.2) is 54.7 Å². The topological polar surface area (TPSA) is 36.1 Å². The van der Waals surface area contributed by atoms with Gasteiger partial charge in [-0.2, -0.15) is 0 Å². The SMILES string of the molecule is O=C(c1ccccc1Cl)N1CCCC1Cc1c[nH]c2ccccc12. The lowest BCUT2D eigenvalue weighted by Crippen LogP contribution is -2.36. The average molecular weight is 339 g/mol. The Labute approximate surface area is 146 Å². The molecule has 1 amide bonds. The summed E-state index contributed by atoms with van der Waals surface area (Å²) in [6, 6.07) is 15.8. The summed E-state index contributed by atoms with van der Waals surface area (Å²) >= 11 is 6.21. The molecular formula is C20H19ClN2O. The molecule has 1 fully saturated rings. The Kier molecular flexibility index (Phi) is 4.03. The molecule has 1 aromatic heterocycles. The van der Waals surface area contributed by atoms with Crippen molar-refractivity contribution in [1.82, 2.24) is 9.88 Å². The maximum absolute atomic E-state index is 12.9. The second kappa shape index (κ2) is 6.33. The molecule has 3 aromatic rings. The number of hydrogen-bond donors (Lipinski definition) is 1. The van der Waals surface area contributed by atoms with E-state index in [0.29, 0.717) is 10.6 Å². The van der Waals surface area contributed by atoms with Crippen molar-refractivity contribution < 1.29 is 4.79 Å². The number of amides is 1. The van der Waals surface area contributed by atoms with E-state index in [4.69, 9.17) is 11.6 Å². The number of aromatic nitrogens is 1. The van der Waals surface area contributed by atoms with Crippen LogP contribution < -0.4 is 0 Å². The average Bonchev–Trinajstić information content (AvgIpc) is 3.23. The number of fused-ring (bicyclic) bond motifs is 1. The molecule has 3 nitrogen and oxygen atoms in total. The predicted octanol–water partition coefficient (Wildman–Crippen LogP) is 4.67. The molecule has 4 rings (SSSR count). The minimum atomic E-state index is 0.0444. The highest BCUT2D eigenvalue weighted by Crippen LogP contribution is 2.28. The van der Waals surface area contributed by atoms with Crippen molar-refractivity contribution in [2.45, 2.75) is 25.3 Å². The quantitative estimate of drug-likeness (QED) is 0.740. The fourth-order valence-electron chi connectivity index (χ4n) is 3.66. The number of carbonyl (C=O) groups is 1. The van der Waals surface area contributed by atoms with Gasteiger partial charge in [0.25, 0.3) is 5.91 Å². The Morgan fingerprint density at radius 1 is 1.17 bits per heavy atom. The molecule has 4 heteroatoms. The molecule has 1 aliphatic heterocycles. The molecule has 0 radical (unpaired) electrons. The van der Waals surface area contributed by atoms with Gasteiger partial charge in [-0.3, -0.25) is 4.79 Å². The summed E-state index contributed by atoms with van der Waals surface area (Å²) in [5.74, 6) is 0.0444. The third-order valence-electron chi connectivity index (χ3n) is 4.87. The Morgan fingerprint density at radius 3 is 2.83 bits per heavy atom. The summed E-state index contributed by atoms with van der Waals surface area (Å²) in [4.78, 5) is 18.2. The summed E-state index contributed by atoms with van der Waals surface area (Å²) in [6.45, 7) is 0.803.